The molecule has 34 heavy (non-hydrogen) atoms. The Bertz CT molecular complexity index is 1260. The molecule has 0 saturated carbocycles. The van der Waals surface area contributed by atoms with Crippen molar-refractivity contribution in [1.82, 2.24) is 10.9 Å². The highest BCUT2D eigenvalue weighted by molar-refractivity contribution is 7.92. The van der Waals surface area contributed by atoms with Gasteiger partial charge in [0, 0.05) is 16.8 Å². The monoisotopic (exact) mass is 483 g/mol. The Morgan fingerprint density at radius 2 is 1.50 bits per heavy atom. The van der Waals surface area contributed by atoms with E-state index in [1.54, 1.807) is 30.3 Å². The Morgan fingerprint density at radius 1 is 0.824 bits per heavy atom. The molecule has 3 N–H and O–H groups in total. The summed E-state index contributed by atoms with van der Waals surface area (Å²) in [6.45, 7) is 2.49. The van der Waals surface area contributed by atoms with Crippen LogP contribution >= 0.6 is 0 Å². The van der Waals surface area contributed by atoms with Crippen LogP contribution in [0.25, 0.3) is 0 Å². The number of nitrogens with one attached hydrogen (secondary N) is 3. The number of carbonyl (C=O) groups excluding carboxylic acids is 2. The van der Waals surface area contributed by atoms with E-state index in [4.69, 9.17) is 9.47 Å². The molecule has 9 nitrogen and oxygen atoms in total. The van der Waals surface area contributed by atoms with E-state index in [-0.39, 0.29) is 21.7 Å². The highest BCUT2D eigenvalue weighted by Crippen LogP contribution is 2.28. The van der Waals surface area contributed by atoms with Crippen molar-refractivity contribution in [3.05, 3.63) is 83.9 Å². The smallest absolute Gasteiger partial charge is 0.269 e. The van der Waals surface area contributed by atoms with Crippen molar-refractivity contribution in [3.8, 4) is 11.5 Å². The van der Waals surface area contributed by atoms with Crippen LogP contribution in [0.2, 0.25) is 0 Å². The Hall–Kier alpha value is -4.05. The normalized spacial score (nSPS) is 10.8. The standard InChI is InChI=1S/C24H25N3O6S/c1-3-14-33-21-13-12-18(16-22(21)32-2)24(29)26-25-23(28)17-8-7-9-19(15-17)27-34(30,31)20-10-5-4-6-11-20/h4-13,15-16,27H,3,14H2,1-2H3,(H,25,28)(H,26,29). The lowest BCUT2D eigenvalue weighted by molar-refractivity contribution is 0.0846. The van der Waals surface area contributed by atoms with Crippen LogP contribution in [-0.4, -0.2) is 33.9 Å². The zero-order valence-electron chi connectivity index (χ0n) is 18.7. The van der Waals surface area contributed by atoms with Crippen molar-refractivity contribution in [1.29, 1.82) is 0 Å². The Labute approximate surface area is 198 Å². The van der Waals surface area contributed by atoms with E-state index in [0.717, 1.165) is 6.42 Å². The van der Waals surface area contributed by atoms with Gasteiger partial charge in [-0.05, 0) is 55.0 Å². The summed E-state index contributed by atoms with van der Waals surface area (Å²) >= 11 is 0. The first-order chi connectivity index (χ1) is 16.3. The third-order valence-corrected chi connectivity index (χ3v) is 6.00. The van der Waals surface area contributed by atoms with E-state index >= 15 is 0 Å². The molecular formula is C24H25N3O6S. The number of sulfonamides is 1. The van der Waals surface area contributed by atoms with Gasteiger partial charge < -0.3 is 9.47 Å². The van der Waals surface area contributed by atoms with Crippen molar-refractivity contribution < 1.29 is 27.5 Å². The molecule has 0 heterocycles. The van der Waals surface area contributed by atoms with Gasteiger partial charge in [-0.3, -0.25) is 25.2 Å². The van der Waals surface area contributed by atoms with Crippen LogP contribution in [0, 0.1) is 0 Å². The summed E-state index contributed by atoms with van der Waals surface area (Å²) in [5.41, 5.74) is 5.26. The van der Waals surface area contributed by atoms with Crippen LogP contribution < -0.4 is 25.0 Å². The largest absolute Gasteiger partial charge is 0.493 e. The number of benzene rings is 3. The molecule has 3 aromatic rings. The molecule has 3 aromatic carbocycles. The molecule has 0 aliphatic rings. The predicted octanol–water partition coefficient (Wildman–Crippen LogP) is 3.36. The van der Waals surface area contributed by atoms with Crippen LogP contribution in [0.15, 0.2) is 77.7 Å². The number of rotatable bonds is 9. The van der Waals surface area contributed by atoms with Crippen molar-refractivity contribution >= 4 is 27.5 Å². The van der Waals surface area contributed by atoms with Gasteiger partial charge in [0.15, 0.2) is 11.5 Å². The molecule has 0 atom stereocenters. The van der Waals surface area contributed by atoms with Crippen LogP contribution in [0.3, 0.4) is 0 Å². The van der Waals surface area contributed by atoms with Crippen molar-refractivity contribution in [2.45, 2.75) is 18.2 Å². The quantitative estimate of drug-likeness (QED) is 0.401. The number of hydrogen-bond acceptors (Lipinski definition) is 6. The minimum Gasteiger partial charge on any atom is -0.493 e. The number of methoxy groups -OCH3 is 1. The molecule has 0 aromatic heterocycles. The summed E-state index contributed by atoms with van der Waals surface area (Å²) in [6, 6.07) is 18.4. The van der Waals surface area contributed by atoms with E-state index in [1.807, 2.05) is 6.92 Å². The minimum atomic E-state index is -3.81. The number of ether oxygens (including phenoxy) is 2. The summed E-state index contributed by atoms with van der Waals surface area (Å²) in [4.78, 5) is 25.1. The van der Waals surface area contributed by atoms with Gasteiger partial charge >= 0.3 is 0 Å². The number of hydrazine groups is 1. The molecule has 3 rings (SSSR count). The maximum absolute atomic E-state index is 12.5. The number of carbonyl (C=O) groups is 2. The molecule has 0 radical (unpaired) electrons. The molecule has 178 valence electrons. The van der Waals surface area contributed by atoms with Crippen molar-refractivity contribution in [2.75, 3.05) is 18.4 Å². The van der Waals surface area contributed by atoms with Gasteiger partial charge in [-0.15, -0.1) is 0 Å². The topological polar surface area (TPSA) is 123 Å². The molecule has 10 heteroatoms. The zero-order valence-corrected chi connectivity index (χ0v) is 19.5. The van der Waals surface area contributed by atoms with Gasteiger partial charge in [-0.1, -0.05) is 31.2 Å². The van der Waals surface area contributed by atoms with E-state index in [2.05, 4.69) is 15.6 Å². The van der Waals surface area contributed by atoms with E-state index in [1.165, 1.54) is 49.6 Å². The minimum absolute atomic E-state index is 0.0960. The Kier molecular flexibility index (Phi) is 8.10. The van der Waals surface area contributed by atoms with Gasteiger partial charge in [0.05, 0.1) is 18.6 Å². The first-order valence-corrected chi connectivity index (χ1v) is 11.9. The van der Waals surface area contributed by atoms with Crippen LogP contribution in [-0.2, 0) is 10.0 Å². The zero-order chi connectivity index (χ0) is 24.6. The summed E-state index contributed by atoms with van der Waals surface area (Å²) < 4.78 is 38.3. The highest BCUT2D eigenvalue weighted by Gasteiger charge is 2.16. The number of hydrogen-bond donors (Lipinski definition) is 3. The fraction of sp³-hybridized carbons (Fsp3) is 0.167. The third kappa shape index (κ3) is 6.26. The highest BCUT2D eigenvalue weighted by atomic mass is 32.2. The number of amides is 2. The molecular weight excluding hydrogens is 458 g/mol. The SMILES string of the molecule is CCCOc1ccc(C(=O)NNC(=O)c2cccc(NS(=O)(=O)c3ccccc3)c2)cc1OC. The lowest BCUT2D eigenvalue weighted by Crippen LogP contribution is -2.41. The molecule has 0 saturated heterocycles. The van der Waals surface area contributed by atoms with Crippen LogP contribution in [0.1, 0.15) is 34.1 Å². The Morgan fingerprint density at radius 3 is 2.15 bits per heavy atom. The maximum Gasteiger partial charge on any atom is 0.269 e. The second kappa shape index (κ2) is 11.2. The van der Waals surface area contributed by atoms with Gasteiger partial charge in [-0.2, -0.15) is 0 Å². The van der Waals surface area contributed by atoms with Crippen molar-refractivity contribution in [2.24, 2.45) is 0 Å². The number of anilines is 1. The molecule has 0 unspecified atom stereocenters. The average Bonchev–Trinajstić information content (AvgIpc) is 2.86. The maximum atomic E-state index is 12.5. The molecule has 2 amide bonds. The lowest BCUT2D eigenvalue weighted by Gasteiger charge is -2.12. The van der Waals surface area contributed by atoms with Crippen LogP contribution in [0.4, 0.5) is 5.69 Å². The van der Waals surface area contributed by atoms with Gasteiger partial charge in [0.2, 0.25) is 0 Å². The average molecular weight is 484 g/mol. The lowest BCUT2D eigenvalue weighted by atomic mass is 10.2. The molecule has 0 spiro atoms. The third-order valence-electron chi connectivity index (χ3n) is 4.61. The Balaban J connectivity index is 1.65. The molecule has 0 aliphatic heterocycles. The van der Waals surface area contributed by atoms with E-state index in [0.29, 0.717) is 18.1 Å². The van der Waals surface area contributed by atoms with E-state index in [9.17, 15) is 18.0 Å². The van der Waals surface area contributed by atoms with Crippen LogP contribution in [0.5, 0.6) is 11.5 Å². The van der Waals surface area contributed by atoms with Gasteiger partial charge in [0.1, 0.15) is 0 Å². The molecule has 0 bridgehead atoms. The molecule has 0 aliphatic carbocycles. The second-order valence-electron chi connectivity index (χ2n) is 7.12. The fourth-order valence-electron chi connectivity index (χ4n) is 2.94. The van der Waals surface area contributed by atoms with E-state index < -0.39 is 21.8 Å². The van der Waals surface area contributed by atoms with Crippen molar-refractivity contribution in [3.63, 3.8) is 0 Å². The summed E-state index contributed by atoms with van der Waals surface area (Å²) in [7, 11) is -2.34. The summed E-state index contributed by atoms with van der Waals surface area (Å²) in [5, 5.41) is 0. The fourth-order valence-corrected chi connectivity index (χ4v) is 4.01. The first-order valence-electron chi connectivity index (χ1n) is 10.4. The molecule has 0 fully saturated rings. The second-order valence-corrected chi connectivity index (χ2v) is 8.80. The predicted molar refractivity (Wildman–Crippen MR) is 127 cm³/mol. The summed E-state index contributed by atoms with van der Waals surface area (Å²) in [6.07, 6.45) is 0.826. The first kappa shape index (κ1) is 24.6. The summed E-state index contributed by atoms with van der Waals surface area (Å²) in [5.74, 6) is -0.274. The van der Waals surface area contributed by atoms with Gasteiger partial charge in [0.25, 0.3) is 21.8 Å². The van der Waals surface area contributed by atoms with Gasteiger partial charge in [-0.25, -0.2) is 8.42 Å².